The van der Waals surface area contributed by atoms with Gasteiger partial charge in [-0.15, -0.1) is 38.7 Å². The van der Waals surface area contributed by atoms with E-state index in [-0.39, 0.29) is 0 Å². The van der Waals surface area contributed by atoms with Gasteiger partial charge >= 0.3 is 0 Å². The van der Waals surface area contributed by atoms with Crippen molar-refractivity contribution < 1.29 is 0 Å². The van der Waals surface area contributed by atoms with Crippen LogP contribution in [0.15, 0.2) is 91.0 Å². The zero-order chi connectivity index (χ0) is 33.6. The van der Waals surface area contributed by atoms with Gasteiger partial charge in [0, 0.05) is 9.58 Å². The molecule has 8 aromatic rings. The summed E-state index contributed by atoms with van der Waals surface area (Å²) in [4.78, 5) is 1.32. The molecular weight excluding hydrogens is 586 g/mol. The zero-order valence-corrected chi connectivity index (χ0v) is 30.4. The average molecular weight is 619 g/mol. The van der Waals surface area contributed by atoms with Gasteiger partial charge in [-0.1, -0.05) is 94.6 Å². The maximum absolute atomic E-state index is 2.45. The Morgan fingerprint density at radius 2 is 0.896 bits per heavy atom. The van der Waals surface area contributed by atoms with Gasteiger partial charge in [0.05, 0.1) is 0 Å². The first-order chi connectivity index (χ1) is 23.1. The van der Waals surface area contributed by atoms with E-state index in [4.69, 9.17) is 0 Å². The molecular formula is C38H33B9S. The van der Waals surface area contributed by atoms with E-state index in [1.165, 1.54) is 124 Å². The van der Waals surface area contributed by atoms with Crippen LogP contribution in [0.3, 0.4) is 0 Å². The van der Waals surface area contributed by atoms with Crippen molar-refractivity contribution in [3.8, 4) is 32.7 Å². The van der Waals surface area contributed by atoms with E-state index in [0.29, 0.717) is 0 Å². The molecule has 0 nitrogen and oxygen atoms in total. The van der Waals surface area contributed by atoms with E-state index < -0.39 is 0 Å². The molecule has 0 aliphatic carbocycles. The predicted molar refractivity (Wildman–Crippen MR) is 244 cm³/mol. The van der Waals surface area contributed by atoms with Crippen LogP contribution in [0, 0.1) is 0 Å². The molecule has 8 rings (SSSR count). The molecule has 0 saturated carbocycles. The normalized spacial score (nSPS) is 11.7. The third kappa shape index (κ3) is 4.48. The molecule has 218 valence electrons. The Labute approximate surface area is 295 Å². The molecule has 10 heteroatoms. The molecule has 7 aromatic carbocycles. The smallest absolute Gasteiger partial charge is 0.135 e. The first kappa shape index (κ1) is 31.2. The van der Waals surface area contributed by atoms with E-state index in [1.54, 1.807) is 0 Å². The van der Waals surface area contributed by atoms with Gasteiger partial charge in [0.1, 0.15) is 70.6 Å². The van der Waals surface area contributed by atoms with Crippen LogP contribution in [-0.2, 0) is 0 Å². The first-order valence-electron chi connectivity index (χ1n) is 17.1. The molecule has 0 atom stereocenters. The molecule has 0 unspecified atom stereocenters. The topological polar surface area (TPSA) is 0 Å². The van der Waals surface area contributed by atoms with Gasteiger partial charge in [-0.25, -0.2) is 0 Å². The minimum atomic E-state index is 1.28. The number of benzene rings is 7. The van der Waals surface area contributed by atoms with Crippen molar-refractivity contribution in [3.63, 3.8) is 0 Å². The highest BCUT2D eigenvalue weighted by molar-refractivity contribution is 7.22. The molecule has 0 fully saturated rings. The number of rotatable bonds is 3. The van der Waals surface area contributed by atoms with Crippen LogP contribution in [-0.4, -0.2) is 70.6 Å². The fraction of sp³-hybridized carbons (Fsp3) is 0. The summed E-state index contributed by atoms with van der Waals surface area (Å²) in [5, 5.41) is 9.35. The number of hydrogen-bond donors (Lipinski definition) is 0. The van der Waals surface area contributed by atoms with Crippen molar-refractivity contribution in [2.24, 2.45) is 0 Å². The van der Waals surface area contributed by atoms with Crippen LogP contribution in [0.4, 0.5) is 0 Å². The molecule has 1 aromatic heterocycles. The maximum atomic E-state index is 2.45. The van der Waals surface area contributed by atoms with E-state index in [1.807, 2.05) is 11.3 Å². The highest BCUT2D eigenvalue weighted by atomic mass is 32.1. The summed E-state index contributed by atoms with van der Waals surface area (Å²) in [7, 11) is 20.9. The first-order valence-corrected chi connectivity index (χ1v) is 17.9. The molecule has 0 radical (unpaired) electrons. The highest BCUT2D eigenvalue weighted by Crippen LogP contribution is 2.43. The van der Waals surface area contributed by atoms with Gasteiger partial charge in [-0.05, 0) is 83.7 Å². The Morgan fingerprint density at radius 1 is 0.375 bits per heavy atom. The molecule has 0 bridgehead atoms. The number of hydrogen-bond acceptors (Lipinski definition) is 1. The van der Waals surface area contributed by atoms with E-state index in [9.17, 15) is 0 Å². The van der Waals surface area contributed by atoms with E-state index in [2.05, 4.69) is 162 Å². The second kappa shape index (κ2) is 11.5. The van der Waals surface area contributed by atoms with Crippen LogP contribution >= 0.6 is 11.3 Å². The fourth-order valence-corrected chi connectivity index (χ4v) is 9.41. The van der Waals surface area contributed by atoms with Crippen molar-refractivity contribution in [2.45, 2.75) is 0 Å². The number of thiophene rings is 1. The van der Waals surface area contributed by atoms with Crippen molar-refractivity contribution in [3.05, 3.63) is 91.0 Å². The third-order valence-electron chi connectivity index (χ3n) is 11.8. The summed E-state index contributed by atoms with van der Waals surface area (Å²) >= 11 is 1.89. The average Bonchev–Trinajstić information content (AvgIpc) is 3.54. The summed E-state index contributed by atoms with van der Waals surface area (Å²) < 4.78 is 1.32. The van der Waals surface area contributed by atoms with Crippen LogP contribution in [0.2, 0.25) is 0 Å². The van der Waals surface area contributed by atoms with E-state index >= 15 is 0 Å². The third-order valence-corrected chi connectivity index (χ3v) is 12.9. The molecule has 0 N–H and O–H groups in total. The minimum Gasteiger partial charge on any atom is -0.135 e. The summed E-state index contributed by atoms with van der Waals surface area (Å²) in [6.45, 7) is 0. The number of fused-ring (bicyclic) bond motifs is 4. The Bertz CT molecular complexity index is 2640. The van der Waals surface area contributed by atoms with Gasteiger partial charge in [0.2, 0.25) is 0 Å². The van der Waals surface area contributed by atoms with Gasteiger partial charge in [-0.3, -0.25) is 0 Å². The summed E-state index contributed by atoms with van der Waals surface area (Å²) in [5.41, 5.74) is 19.3. The minimum absolute atomic E-state index is 1.28. The summed E-state index contributed by atoms with van der Waals surface area (Å²) in [6, 6.07) is 34.1. The van der Waals surface area contributed by atoms with E-state index in [0.717, 1.165) is 0 Å². The lowest BCUT2D eigenvalue weighted by molar-refractivity contribution is 1.73. The van der Waals surface area contributed by atoms with Crippen molar-refractivity contribution in [1.82, 2.24) is 0 Å². The second-order valence-electron chi connectivity index (χ2n) is 13.9. The molecule has 1 heterocycles. The van der Waals surface area contributed by atoms with Gasteiger partial charge in [0.15, 0.2) is 0 Å². The van der Waals surface area contributed by atoms with Crippen LogP contribution < -0.4 is 49.2 Å². The maximum Gasteiger partial charge on any atom is 0.139 e. The zero-order valence-electron chi connectivity index (χ0n) is 29.6. The SMILES string of the molecule is Bc1c(B)c(B)c(-c2c3ccccc3c(-c3ccc4sc(-c5cccc6ccccc56)cc4c3)c3c(B)c(B)c(B)c(B)c23)c(B)c1B. The predicted octanol–water partition coefficient (Wildman–Crippen LogP) is -4.31. The molecule has 0 amide bonds. The van der Waals surface area contributed by atoms with Crippen molar-refractivity contribution in [1.29, 1.82) is 0 Å². The second-order valence-corrected chi connectivity index (χ2v) is 15.0. The molecule has 48 heavy (non-hydrogen) atoms. The quantitative estimate of drug-likeness (QED) is 0.139. The van der Waals surface area contributed by atoms with Crippen molar-refractivity contribution >= 4 is 174 Å². The Hall–Kier alpha value is -4.14. The summed E-state index contributed by atoms with van der Waals surface area (Å²) in [6.07, 6.45) is 0. The van der Waals surface area contributed by atoms with Crippen LogP contribution in [0.25, 0.3) is 75.1 Å². The lowest BCUT2D eigenvalue weighted by atomic mass is 9.58. The van der Waals surface area contributed by atoms with Crippen molar-refractivity contribution in [2.75, 3.05) is 0 Å². The summed E-state index contributed by atoms with van der Waals surface area (Å²) in [5.74, 6) is 0. The fourth-order valence-electron chi connectivity index (χ4n) is 8.33. The van der Waals surface area contributed by atoms with Gasteiger partial charge in [-0.2, -0.15) is 0 Å². The Kier molecular flexibility index (Phi) is 7.46. The van der Waals surface area contributed by atoms with Crippen LogP contribution in [0.5, 0.6) is 0 Å². The van der Waals surface area contributed by atoms with Gasteiger partial charge < -0.3 is 0 Å². The highest BCUT2D eigenvalue weighted by Gasteiger charge is 2.24. The molecule has 0 aliphatic heterocycles. The largest absolute Gasteiger partial charge is 0.139 e. The molecule has 0 saturated heterocycles. The van der Waals surface area contributed by atoms with Crippen LogP contribution in [0.1, 0.15) is 0 Å². The Morgan fingerprint density at radius 3 is 1.56 bits per heavy atom. The lowest BCUT2D eigenvalue weighted by Crippen LogP contribution is -2.55. The molecule has 0 spiro atoms. The molecule has 0 aliphatic rings. The lowest BCUT2D eigenvalue weighted by Gasteiger charge is -2.27. The van der Waals surface area contributed by atoms with Gasteiger partial charge in [0.25, 0.3) is 0 Å². The standard InChI is InChI=1S/C38H33B9S/c39-30-27-25(17-12-13-23-18(14-17)15-24(48-23)20-11-5-7-16-6-1-2-8-19(16)20)21-9-3-4-10-22(21)26(28(27)31(40)35(44)34(30)43)29-32(41)36(45)38(47)37(46)33(29)42/h1-15H,39-47H2. The Balaban J connectivity index is 1.49. The monoisotopic (exact) mass is 620 g/mol.